The summed E-state index contributed by atoms with van der Waals surface area (Å²) >= 11 is 7.54. The third-order valence-electron chi connectivity index (χ3n) is 4.35. The lowest BCUT2D eigenvalue weighted by Gasteiger charge is -2.09. The second kappa shape index (κ2) is 9.44. The molecule has 2 N–H and O–H groups in total. The molecule has 0 spiro atoms. The maximum atomic E-state index is 9.76. The molecule has 1 aromatic carbocycles. The van der Waals surface area contributed by atoms with E-state index in [2.05, 4.69) is 31.7 Å². The van der Waals surface area contributed by atoms with Gasteiger partial charge in [0.1, 0.15) is 11.6 Å². The number of benzene rings is 1. The normalized spacial score (nSPS) is 14.5. The molecule has 0 saturated heterocycles. The molecular formula is C22H17ClN6S. The number of hydrogen-bond donors (Lipinski definition) is 2. The summed E-state index contributed by atoms with van der Waals surface area (Å²) in [6.45, 7) is 0.668. The Labute approximate surface area is 183 Å². The largest absolute Gasteiger partial charge is 0.354 e. The zero-order chi connectivity index (χ0) is 20.8. The third kappa shape index (κ3) is 4.79. The summed E-state index contributed by atoms with van der Waals surface area (Å²) in [6, 6.07) is 15.5. The van der Waals surface area contributed by atoms with Crippen LogP contribution in [0.15, 0.2) is 71.5 Å². The van der Waals surface area contributed by atoms with E-state index < -0.39 is 0 Å². The first-order valence-electron chi connectivity index (χ1n) is 9.23. The number of anilines is 1. The molecule has 6 nitrogen and oxygen atoms in total. The van der Waals surface area contributed by atoms with Gasteiger partial charge < -0.3 is 10.6 Å². The van der Waals surface area contributed by atoms with Crippen molar-refractivity contribution in [3.63, 3.8) is 0 Å². The molecule has 4 rings (SSSR count). The van der Waals surface area contributed by atoms with E-state index in [1.807, 2.05) is 48.0 Å². The van der Waals surface area contributed by atoms with Gasteiger partial charge in [-0.3, -0.25) is 4.98 Å². The minimum atomic E-state index is 0.464. The lowest BCUT2D eigenvalue weighted by Crippen LogP contribution is -2.10. The maximum Gasteiger partial charge on any atom is 0.223 e. The number of nitrogens with zero attached hydrogens (tertiary/aromatic N) is 4. The van der Waals surface area contributed by atoms with Gasteiger partial charge in [-0.15, -0.1) is 0 Å². The van der Waals surface area contributed by atoms with Gasteiger partial charge >= 0.3 is 0 Å². The molecule has 0 unspecified atom stereocenters. The highest BCUT2D eigenvalue weighted by molar-refractivity contribution is 8.06. The molecule has 0 saturated carbocycles. The average molecular weight is 433 g/mol. The van der Waals surface area contributed by atoms with E-state index in [1.54, 1.807) is 18.5 Å². The summed E-state index contributed by atoms with van der Waals surface area (Å²) < 4.78 is 0. The SMILES string of the molecule is N#C/C(=C1\NC(c2cccc(Cl)c2)=CS1)c1ccnc(NCCc2cccnc2)n1. The van der Waals surface area contributed by atoms with Crippen molar-refractivity contribution in [1.29, 1.82) is 5.26 Å². The molecule has 148 valence electrons. The van der Waals surface area contributed by atoms with Crippen molar-refractivity contribution >= 4 is 40.6 Å². The van der Waals surface area contributed by atoms with Gasteiger partial charge in [-0.2, -0.15) is 5.26 Å². The maximum absolute atomic E-state index is 9.76. The number of rotatable bonds is 6. The number of nitriles is 1. The van der Waals surface area contributed by atoms with Gasteiger partial charge in [0, 0.05) is 35.6 Å². The molecule has 0 fully saturated rings. The van der Waals surface area contributed by atoms with Crippen molar-refractivity contribution in [3.8, 4) is 6.07 Å². The van der Waals surface area contributed by atoms with E-state index in [1.165, 1.54) is 11.8 Å². The lowest BCUT2D eigenvalue weighted by atomic mass is 10.1. The molecule has 8 heteroatoms. The number of aromatic nitrogens is 3. The second-order valence-corrected chi connectivity index (χ2v) is 7.72. The van der Waals surface area contributed by atoms with Crippen LogP contribution in [0.4, 0.5) is 5.95 Å². The molecule has 2 aromatic heterocycles. The zero-order valence-electron chi connectivity index (χ0n) is 15.8. The van der Waals surface area contributed by atoms with Gasteiger partial charge in [0.25, 0.3) is 0 Å². The first kappa shape index (κ1) is 20.0. The van der Waals surface area contributed by atoms with E-state index in [4.69, 9.17) is 11.6 Å². The van der Waals surface area contributed by atoms with E-state index in [-0.39, 0.29) is 0 Å². The highest BCUT2D eigenvalue weighted by atomic mass is 35.5. The fourth-order valence-electron chi connectivity index (χ4n) is 2.89. The van der Waals surface area contributed by atoms with Crippen LogP contribution in [0.1, 0.15) is 16.8 Å². The Hall–Kier alpha value is -3.34. The first-order chi connectivity index (χ1) is 14.7. The number of allylic oxidation sites excluding steroid dienone is 1. The van der Waals surface area contributed by atoms with Crippen LogP contribution in [-0.4, -0.2) is 21.5 Å². The Bertz CT molecular complexity index is 1150. The van der Waals surface area contributed by atoms with Crippen molar-refractivity contribution in [2.24, 2.45) is 0 Å². The molecule has 0 radical (unpaired) electrons. The molecule has 1 aliphatic rings. The van der Waals surface area contributed by atoms with E-state index in [0.29, 0.717) is 28.8 Å². The molecule has 0 aliphatic carbocycles. The predicted molar refractivity (Wildman–Crippen MR) is 121 cm³/mol. The fourth-order valence-corrected chi connectivity index (χ4v) is 3.95. The van der Waals surface area contributed by atoms with Crippen LogP contribution in [0.3, 0.4) is 0 Å². The van der Waals surface area contributed by atoms with Crippen molar-refractivity contribution in [1.82, 2.24) is 20.3 Å². The van der Waals surface area contributed by atoms with Crippen molar-refractivity contribution in [3.05, 3.63) is 93.3 Å². The van der Waals surface area contributed by atoms with Gasteiger partial charge in [-0.25, -0.2) is 9.97 Å². The molecule has 0 amide bonds. The summed E-state index contributed by atoms with van der Waals surface area (Å²) in [7, 11) is 0. The van der Waals surface area contributed by atoms with Crippen LogP contribution >= 0.6 is 23.4 Å². The minimum Gasteiger partial charge on any atom is -0.354 e. The van der Waals surface area contributed by atoms with Gasteiger partial charge in [0.2, 0.25) is 5.95 Å². The smallest absolute Gasteiger partial charge is 0.223 e. The molecule has 3 heterocycles. The van der Waals surface area contributed by atoms with Gasteiger partial charge in [0.15, 0.2) is 0 Å². The fraction of sp³-hybridized carbons (Fsp3) is 0.0909. The van der Waals surface area contributed by atoms with Crippen LogP contribution in [0.5, 0.6) is 0 Å². The molecular weight excluding hydrogens is 416 g/mol. The van der Waals surface area contributed by atoms with Crippen molar-refractivity contribution in [2.75, 3.05) is 11.9 Å². The number of nitrogens with one attached hydrogen (secondary N) is 2. The Morgan fingerprint density at radius 1 is 1.20 bits per heavy atom. The predicted octanol–water partition coefficient (Wildman–Crippen LogP) is 4.71. The molecule has 30 heavy (non-hydrogen) atoms. The summed E-state index contributed by atoms with van der Waals surface area (Å²) in [5.41, 5.74) is 4.02. The zero-order valence-corrected chi connectivity index (χ0v) is 17.4. The Morgan fingerprint density at radius 2 is 2.13 bits per heavy atom. The summed E-state index contributed by atoms with van der Waals surface area (Å²) in [5.74, 6) is 0.482. The van der Waals surface area contributed by atoms with Crippen LogP contribution in [0.2, 0.25) is 5.02 Å². The summed E-state index contributed by atoms with van der Waals surface area (Å²) in [5, 5.41) is 19.6. The third-order valence-corrected chi connectivity index (χ3v) is 5.48. The molecule has 3 aromatic rings. The standard InChI is InChI=1S/C22H17ClN6S/c23-17-5-1-4-16(11-17)20-14-30-21(28-20)18(12-24)19-7-10-27-22(29-19)26-9-6-15-3-2-8-25-13-15/h1-5,7-8,10-11,13-14,28H,6,9H2,(H,26,27,29)/b21-18-. The van der Waals surface area contributed by atoms with E-state index in [9.17, 15) is 5.26 Å². The monoisotopic (exact) mass is 432 g/mol. The second-order valence-electron chi connectivity index (χ2n) is 6.40. The van der Waals surface area contributed by atoms with Crippen LogP contribution in [-0.2, 0) is 6.42 Å². The lowest BCUT2D eigenvalue weighted by molar-refractivity contribution is 0.971. The number of pyridine rings is 1. The number of thioether (sulfide) groups is 1. The first-order valence-corrected chi connectivity index (χ1v) is 10.5. The Kier molecular flexibility index (Phi) is 6.28. The quantitative estimate of drug-likeness (QED) is 0.545. The topological polar surface area (TPSA) is 86.5 Å². The Morgan fingerprint density at radius 3 is 2.93 bits per heavy atom. The molecule has 1 aliphatic heterocycles. The molecule has 0 atom stereocenters. The Balaban J connectivity index is 1.47. The number of halogens is 1. The van der Waals surface area contributed by atoms with Gasteiger partial charge in [-0.1, -0.05) is 41.6 Å². The van der Waals surface area contributed by atoms with E-state index in [0.717, 1.165) is 28.3 Å². The van der Waals surface area contributed by atoms with Crippen LogP contribution < -0.4 is 10.6 Å². The average Bonchev–Trinajstić information content (AvgIpc) is 3.25. The van der Waals surface area contributed by atoms with Gasteiger partial charge in [0.05, 0.1) is 16.4 Å². The van der Waals surface area contributed by atoms with Crippen molar-refractivity contribution < 1.29 is 0 Å². The van der Waals surface area contributed by atoms with Gasteiger partial charge in [-0.05, 0) is 41.8 Å². The van der Waals surface area contributed by atoms with Crippen molar-refractivity contribution in [2.45, 2.75) is 6.42 Å². The number of hydrogen-bond acceptors (Lipinski definition) is 7. The van der Waals surface area contributed by atoms with Crippen LogP contribution in [0, 0.1) is 11.3 Å². The van der Waals surface area contributed by atoms with Crippen LogP contribution in [0.25, 0.3) is 11.3 Å². The highest BCUT2D eigenvalue weighted by Crippen LogP contribution is 2.35. The minimum absolute atomic E-state index is 0.464. The van der Waals surface area contributed by atoms with E-state index >= 15 is 0 Å². The highest BCUT2D eigenvalue weighted by Gasteiger charge is 2.18. The summed E-state index contributed by atoms with van der Waals surface area (Å²) in [4.78, 5) is 12.9. The summed E-state index contributed by atoms with van der Waals surface area (Å²) in [6.07, 6.45) is 6.04. The molecule has 0 bridgehead atoms.